The number of aromatic nitrogens is 2. The predicted octanol–water partition coefficient (Wildman–Crippen LogP) is 5.45. The van der Waals surface area contributed by atoms with E-state index in [1.54, 1.807) is 28.8 Å². The van der Waals surface area contributed by atoms with E-state index in [2.05, 4.69) is 13.8 Å². The lowest BCUT2D eigenvalue weighted by molar-refractivity contribution is 0.0697. The van der Waals surface area contributed by atoms with Crippen LogP contribution in [0.15, 0.2) is 53.3 Å². The van der Waals surface area contributed by atoms with Crippen molar-refractivity contribution in [1.82, 2.24) is 9.13 Å². The highest BCUT2D eigenvalue weighted by Crippen LogP contribution is 2.24. The number of hydrogen-bond donors (Lipinski definition) is 1. The molecule has 0 atom stereocenters. The van der Waals surface area contributed by atoms with Gasteiger partial charge >= 0.3 is 11.7 Å². The smallest absolute Gasteiger partial charge is 0.336 e. The second-order valence-corrected chi connectivity index (χ2v) is 9.09. The van der Waals surface area contributed by atoms with Crippen molar-refractivity contribution in [3.63, 3.8) is 0 Å². The Kier molecular flexibility index (Phi) is 7.33. The van der Waals surface area contributed by atoms with Gasteiger partial charge in [-0.1, -0.05) is 70.2 Å². The van der Waals surface area contributed by atoms with Crippen LogP contribution in [0.25, 0.3) is 11.1 Å². The van der Waals surface area contributed by atoms with E-state index in [0.29, 0.717) is 30.1 Å². The first-order valence-corrected chi connectivity index (χ1v) is 11.1. The summed E-state index contributed by atoms with van der Waals surface area (Å²) >= 11 is 0. The van der Waals surface area contributed by atoms with E-state index in [1.807, 2.05) is 38.1 Å². The molecule has 3 aromatic rings. The first kappa shape index (κ1) is 23.5. The number of benzene rings is 2. The summed E-state index contributed by atoms with van der Waals surface area (Å²) in [6, 6.07) is 14.3. The van der Waals surface area contributed by atoms with Gasteiger partial charge in [-0.25, -0.2) is 9.59 Å². The fourth-order valence-corrected chi connectivity index (χ4v) is 3.86. The summed E-state index contributed by atoms with van der Waals surface area (Å²) in [5, 5.41) is 9.44. The van der Waals surface area contributed by atoms with Crippen LogP contribution < -0.4 is 5.69 Å². The number of imidazole rings is 1. The molecule has 0 aliphatic heterocycles. The highest BCUT2D eigenvalue weighted by Gasteiger charge is 2.21. The quantitative estimate of drug-likeness (QED) is 0.483. The summed E-state index contributed by atoms with van der Waals surface area (Å²) in [5.41, 5.74) is 2.63. The number of aromatic carboxylic acids is 1. The Morgan fingerprint density at radius 3 is 2.22 bits per heavy atom. The number of nitrogens with zero attached hydrogens (tertiary/aromatic N) is 2. The molecular weight excluding hydrogens is 407 g/mol. The second kappa shape index (κ2) is 9.98. The zero-order chi connectivity index (χ0) is 23.4. The lowest BCUT2D eigenvalue weighted by Crippen LogP contribution is -2.27. The number of carboxylic acid groups (broad SMARTS) is 1. The minimum atomic E-state index is -0.979. The van der Waals surface area contributed by atoms with Crippen molar-refractivity contribution in [2.45, 2.75) is 53.6 Å². The van der Waals surface area contributed by atoms with Crippen molar-refractivity contribution in [2.24, 2.45) is 11.8 Å². The van der Waals surface area contributed by atoms with E-state index in [9.17, 15) is 14.7 Å². The van der Waals surface area contributed by atoms with Crippen LogP contribution in [-0.4, -0.2) is 20.2 Å². The normalized spacial score (nSPS) is 11.5. The van der Waals surface area contributed by atoms with Crippen LogP contribution in [0.1, 0.15) is 55.7 Å². The molecule has 0 aliphatic rings. The van der Waals surface area contributed by atoms with Gasteiger partial charge in [-0.15, -0.1) is 0 Å². The Morgan fingerprint density at radius 1 is 0.969 bits per heavy atom. The summed E-state index contributed by atoms with van der Waals surface area (Å²) < 4.78 is 17.9. The summed E-state index contributed by atoms with van der Waals surface area (Å²) in [7, 11) is 0. The average Bonchev–Trinajstić information content (AvgIpc) is 2.96. The fraction of sp³-hybridized carbons (Fsp3) is 0.385. The van der Waals surface area contributed by atoms with Crippen molar-refractivity contribution in [1.29, 1.82) is 0 Å². The van der Waals surface area contributed by atoms with Gasteiger partial charge in [0.25, 0.3) is 0 Å². The van der Waals surface area contributed by atoms with Crippen molar-refractivity contribution in [3.8, 4) is 11.1 Å². The Balaban J connectivity index is 1.94. The van der Waals surface area contributed by atoms with Gasteiger partial charge in [-0.05, 0) is 47.4 Å². The van der Waals surface area contributed by atoms with E-state index in [-0.39, 0.29) is 23.7 Å². The Labute approximate surface area is 188 Å². The largest absolute Gasteiger partial charge is 0.478 e. The van der Waals surface area contributed by atoms with E-state index < -0.39 is 11.9 Å². The van der Waals surface area contributed by atoms with E-state index in [4.69, 9.17) is 0 Å². The van der Waals surface area contributed by atoms with Gasteiger partial charge in [0, 0.05) is 6.54 Å². The van der Waals surface area contributed by atoms with Gasteiger partial charge in [0.2, 0.25) is 5.95 Å². The minimum Gasteiger partial charge on any atom is -0.478 e. The molecular formula is C26H31FN2O3. The van der Waals surface area contributed by atoms with Crippen LogP contribution in [0.3, 0.4) is 0 Å². The van der Waals surface area contributed by atoms with Crippen LogP contribution in [0.2, 0.25) is 0 Å². The maximum atomic E-state index is 15.2. The van der Waals surface area contributed by atoms with E-state index >= 15 is 4.39 Å². The van der Waals surface area contributed by atoms with Crippen LogP contribution in [0.4, 0.5) is 4.39 Å². The first-order chi connectivity index (χ1) is 15.2. The van der Waals surface area contributed by atoms with Crippen molar-refractivity contribution >= 4 is 5.97 Å². The van der Waals surface area contributed by atoms with Gasteiger partial charge in [0.05, 0.1) is 17.8 Å². The van der Waals surface area contributed by atoms with E-state index in [1.165, 1.54) is 4.57 Å². The summed E-state index contributed by atoms with van der Waals surface area (Å²) in [6.45, 7) is 8.71. The zero-order valence-corrected chi connectivity index (χ0v) is 19.1. The molecule has 0 amide bonds. The standard InChI is InChI=1S/C26H31FN2O3/c1-17(2)9-14-23-24(27)29(15-18(3)4)26(32)28(23)16-19-10-12-20(13-11-19)21-7-5-6-8-22(21)25(30)31/h5-8,10-13,17-18H,9,14-16H2,1-4H3,(H,30,31). The molecule has 0 fully saturated rings. The number of carbonyl (C=O) groups is 1. The third-order valence-electron chi connectivity index (χ3n) is 5.53. The summed E-state index contributed by atoms with van der Waals surface area (Å²) in [6.07, 6.45) is 1.31. The molecule has 6 heteroatoms. The van der Waals surface area contributed by atoms with Crippen LogP contribution in [0.5, 0.6) is 0 Å². The molecule has 0 saturated heterocycles. The summed E-state index contributed by atoms with van der Waals surface area (Å²) in [5.74, 6) is -0.853. The molecule has 170 valence electrons. The molecule has 5 nitrogen and oxygen atoms in total. The van der Waals surface area contributed by atoms with Gasteiger partial charge in [0.1, 0.15) is 0 Å². The Bertz CT molecular complexity index is 1140. The third-order valence-corrected chi connectivity index (χ3v) is 5.53. The molecule has 0 spiro atoms. The topological polar surface area (TPSA) is 64.2 Å². The lowest BCUT2D eigenvalue weighted by Gasteiger charge is -2.10. The van der Waals surface area contributed by atoms with Crippen LogP contribution in [-0.2, 0) is 19.5 Å². The van der Waals surface area contributed by atoms with Crippen LogP contribution >= 0.6 is 0 Å². The molecule has 1 aromatic heterocycles. The van der Waals surface area contributed by atoms with Gasteiger partial charge < -0.3 is 5.11 Å². The maximum absolute atomic E-state index is 15.2. The highest BCUT2D eigenvalue weighted by atomic mass is 19.1. The molecule has 3 rings (SSSR count). The van der Waals surface area contributed by atoms with Gasteiger partial charge in [-0.2, -0.15) is 4.39 Å². The molecule has 0 radical (unpaired) electrons. The predicted molar refractivity (Wildman–Crippen MR) is 125 cm³/mol. The van der Waals surface area contributed by atoms with Gasteiger partial charge in [-0.3, -0.25) is 9.13 Å². The molecule has 1 N–H and O–H groups in total. The minimum absolute atomic E-state index is 0.157. The average molecular weight is 439 g/mol. The Morgan fingerprint density at radius 2 is 1.62 bits per heavy atom. The first-order valence-electron chi connectivity index (χ1n) is 11.1. The SMILES string of the molecule is CC(C)CCc1c(F)n(CC(C)C)c(=O)n1Cc1ccc(-c2ccccc2C(=O)O)cc1. The molecule has 0 unspecified atom stereocenters. The monoisotopic (exact) mass is 438 g/mol. The molecule has 0 saturated carbocycles. The van der Waals surface area contributed by atoms with Crippen LogP contribution in [0, 0.1) is 17.8 Å². The third kappa shape index (κ3) is 5.18. The summed E-state index contributed by atoms with van der Waals surface area (Å²) in [4.78, 5) is 24.5. The lowest BCUT2D eigenvalue weighted by atomic mass is 9.98. The molecule has 32 heavy (non-hydrogen) atoms. The molecule has 1 heterocycles. The van der Waals surface area contributed by atoms with E-state index in [0.717, 1.165) is 17.5 Å². The highest BCUT2D eigenvalue weighted by molar-refractivity contribution is 5.95. The number of hydrogen-bond acceptors (Lipinski definition) is 2. The fourth-order valence-electron chi connectivity index (χ4n) is 3.86. The van der Waals surface area contributed by atoms with Gasteiger partial charge in [0.15, 0.2) is 0 Å². The number of halogens is 1. The zero-order valence-electron chi connectivity index (χ0n) is 19.1. The second-order valence-electron chi connectivity index (χ2n) is 9.09. The molecule has 0 aliphatic carbocycles. The van der Waals surface area contributed by atoms with Crippen molar-refractivity contribution in [3.05, 3.63) is 81.8 Å². The number of rotatable bonds is 9. The maximum Gasteiger partial charge on any atom is 0.336 e. The molecule has 0 bridgehead atoms. The number of carboxylic acids is 1. The van der Waals surface area contributed by atoms with Crippen molar-refractivity contribution < 1.29 is 14.3 Å². The van der Waals surface area contributed by atoms with Crippen molar-refractivity contribution in [2.75, 3.05) is 0 Å². The molecule has 2 aromatic carbocycles. The Hall–Kier alpha value is -3.15.